The highest BCUT2D eigenvalue weighted by Crippen LogP contribution is 2.29. The first kappa shape index (κ1) is 17.5. The maximum Gasteiger partial charge on any atom is 0.289 e. The van der Waals surface area contributed by atoms with Gasteiger partial charge in [0.15, 0.2) is 5.76 Å². The standard InChI is InChI=1S/C19H20N2O3S2/c1-12-3-4-17(24-12)19(22)21-6-5-18-14(8-21)7-16(26-18)10-23-9-15-11-25-13(2)20-15/h3-4,7,11H,5-6,8-10H2,1-2H3. The average molecular weight is 389 g/mol. The molecule has 7 heteroatoms. The third-order valence-corrected chi connectivity index (χ3v) is 6.35. The molecule has 1 aliphatic heterocycles. The van der Waals surface area contributed by atoms with E-state index >= 15 is 0 Å². The van der Waals surface area contributed by atoms with Crippen LogP contribution < -0.4 is 0 Å². The van der Waals surface area contributed by atoms with Crippen molar-refractivity contribution in [2.45, 2.75) is 40.0 Å². The molecule has 4 rings (SSSR count). The fraction of sp³-hybridized carbons (Fsp3) is 0.368. The molecule has 0 saturated carbocycles. The molecule has 3 aromatic rings. The van der Waals surface area contributed by atoms with Crippen molar-refractivity contribution >= 4 is 28.6 Å². The number of ether oxygens (including phenoxy) is 1. The summed E-state index contributed by atoms with van der Waals surface area (Å²) in [4.78, 5) is 21.4. The van der Waals surface area contributed by atoms with E-state index < -0.39 is 0 Å². The van der Waals surface area contributed by atoms with Gasteiger partial charge in [-0.3, -0.25) is 4.79 Å². The summed E-state index contributed by atoms with van der Waals surface area (Å²) < 4.78 is 11.3. The Morgan fingerprint density at radius 1 is 1.35 bits per heavy atom. The summed E-state index contributed by atoms with van der Waals surface area (Å²) in [5.74, 6) is 1.14. The fourth-order valence-corrected chi connectivity index (χ4v) is 4.78. The van der Waals surface area contributed by atoms with Crippen LogP contribution >= 0.6 is 22.7 Å². The Morgan fingerprint density at radius 3 is 2.96 bits per heavy atom. The topological polar surface area (TPSA) is 55.6 Å². The molecule has 0 atom stereocenters. The first-order valence-electron chi connectivity index (χ1n) is 8.53. The number of aromatic nitrogens is 1. The third-order valence-electron chi connectivity index (χ3n) is 4.32. The minimum absolute atomic E-state index is 0.0355. The van der Waals surface area contributed by atoms with Crippen molar-refractivity contribution in [2.24, 2.45) is 0 Å². The van der Waals surface area contributed by atoms with Crippen molar-refractivity contribution in [2.75, 3.05) is 6.54 Å². The molecule has 1 aliphatic rings. The molecule has 0 bridgehead atoms. The minimum atomic E-state index is -0.0355. The number of carbonyl (C=O) groups is 1. The van der Waals surface area contributed by atoms with Crippen LogP contribution in [0.25, 0.3) is 0 Å². The van der Waals surface area contributed by atoms with Gasteiger partial charge in [0.2, 0.25) is 0 Å². The van der Waals surface area contributed by atoms with Crippen LogP contribution in [0.1, 0.15) is 42.3 Å². The Labute approximate surface area is 160 Å². The van der Waals surface area contributed by atoms with Crippen LogP contribution in [0.2, 0.25) is 0 Å². The van der Waals surface area contributed by atoms with Crippen LogP contribution in [0.15, 0.2) is 28.0 Å². The first-order chi connectivity index (χ1) is 12.6. The molecule has 0 aliphatic carbocycles. The van der Waals surface area contributed by atoms with E-state index in [-0.39, 0.29) is 5.91 Å². The summed E-state index contributed by atoms with van der Waals surface area (Å²) >= 11 is 3.43. The number of hydrogen-bond acceptors (Lipinski definition) is 6. The lowest BCUT2D eigenvalue weighted by Crippen LogP contribution is -2.35. The molecule has 3 aromatic heterocycles. The van der Waals surface area contributed by atoms with E-state index in [4.69, 9.17) is 9.15 Å². The number of rotatable bonds is 5. The van der Waals surface area contributed by atoms with Crippen molar-refractivity contribution in [3.05, 3.63) is 61.1 Å². The quantitative estimate of drug-likeness (QED) is 0.653. The number of furan rings is 1. The van der Waals surface area contributed by atoms with Crippen LogP contribution in [0, 0.1) is 13.8 Å². The van der Waals surface area contributed by atoms with Crippen molar-refractivity contribution in [3.63, 3.8) is 0 Å². The highest BCUT2D eigenvalue weighted by atomic mass is 32.1. The summed E-state index contributed by atoms with van der Waals surface area (Å²) in [5, 5.41) is 3.10. The maximum atomic E-state index is 12.6. The van der Waals surface area contributed by atoms with Crippen LogP contribution in [0.3, 0.4) is 0 Å². The van der Waals surface area contributed by atoms with Crippen molar-refractivity contribution < 1.29 is 13.9 Å². The number of hydrogen-bond donors (Lipinski definition) is 0. The van der Waals surface area contributed by atoms with Gasteiger partial charge in [-0.15, -0.1) is 22.7 Å². The Bertz CT molecular complexity index is 925. The first-order valence-corrected chi connectivity index (χ1v) is 10.2. The molecule has 0 radical (unpaired) electrons. The number of aryl methyl sites for hydroxylation is 2. The average Bonchev–Trinajstić information content (AvgIpc) is 3.33. The molecule has 26 heavy (non-hydrogen) atoms. The fourth-order valence-electron chi connectivity index (χ4n) is 3.08. The molecular formula is C19H20N2O3S2. The van der Waals surface area contributed by atoms with Gasteiger partial charge in [-0.05, 0) is 44.0 Å². The van der Waals surface area contributed by atoms with Gasteiger partial charge >= 0.3 is 0 Å². The van der Waals surface area contributed by atoms with E-state index in [1.54, 1.807) is 28.7 Å². The number of thiazole rings is 1. The Balaban J connectivity index is 1.36. The van der Waals surface area contributed by atoms with Crippen molar-refractivity contribution in [1.82, 2.24) is 9.88 Å². The largest absolute Gasteiger partial charge is 0.456 e. The van der Waals surface area contributed by atoms with Gasteiger partial charge < -0.3 is 14.1 Å². The van der Waals surface area contributed by atoms with Crippen LogP contribution in [-0.4, -0.2) is 22.3 Å². The highest BCUT2D eigenvalue weighted by molar-refractivity contribution is 7.12. The van der Waals surface area contributed by atoms with Crippen molar-refractivity contribution in [1.29, 1.82) is 0 Å². The number of thiophene rings is 1. The summed E-state index contributed by atoms with van der Waals surface area (Å²) in [6, 6.07) is 5.74. The molecule has 5 nitrogen and oxygen atoms in total. The second-order valence-electron chi connectivity index (χ2n) is 6.40. The minimum Gasteiger partial charge on any atom is -0.456 e. The Kier molecular flexibility index (Phi) is 4.93. The molecule has 0 fully saturated rings. The lowest BCUT2D eigenvalue weighted by Gasteiger charge is -2.26. The number of fused-ring (bicyclic) bond motifs is 1. The van der Waals surface area contributed by atoms with Crippen molar-refractivity contribution in [3.8, 4) is 0 Å². The summed E-state index contributed by atoms with van der Waals surface area (Å²) in [5.41, 5.74) is 2.21. The Morgan fingerprint density at radius 2 is 2.23 bits per heavy atom. The van der Waals surface area contributed by atoms with E-state index in [2.05, 4.69) is 11.1 Å². The molecule has 0 aromatic carbocycles. The van der Waals surface area contributed by atoms with E-state index in [0.717, 1.165) is 29.4 Å². The predicted molar refractivity (Wildman–Crippen MR) is 102 cm³/mol. The van der Waals surface area contributed by atoms with E-state index in [9.17, 15) is 4.79 Å². The number of nitrogens with zero attached hydrogens (tertiary/aromatic N) is 2. The van der Waals surface area contributed by atoms with Gasteiger partial charge in [0.25, 0.3) is 5.91 Å². The van der Waals surface area contributed by atoms with E-state index in [0.29, 0.717) is 25.5 Å². The van der Waals surface area contributed by atoms with E-state index in [1.807, 2.05) is 30.2 Å². The molecule has 0 saturated heterocycles. The lowest BCUT2D eigenvalue weighted by atomic mass is 10.1. The zero-order chi connectivity index (χ0) is 18.1. The highest BCUT2D eigenvalue weighted by Gasteiger charge is 2.25. The van der Waals surface area contributed by atoms with Crippen LogP contribution in [0.4, 0.5) is 0 Å². The van der Waals surface area contributed by atoms with E-state index in [1.165, 1.54) is 15.3 Å². The smallest absolute Gasteiger partial charge is 0.289 e. The van der Waals surface area contributed by atoms with Gasteiger partial charge in [0.05, 0.1) is 23.9 Å². The van der Waals surface area contributed by atoms with Gasteiger partial charge in [-0.25, -0.2) is 4.98 Å². The second-order valence-corrected chi connectivity index (χ2v) is 8.68. The molecule has 1 amide bonds. The predicted octanol–water partition coefficient (Wildman–Crippen LogP) is 4.33. The molecule has 0 spiro atoms. The summed E-state index contributed by atoms with van der Waals surface area (Å²) in [6.45, 7) is 6.33. The van der Waals surface area contributed by atoms with Gasteiger partial charge in [0.1, 0.15) is 5.76 Å². The molecule has 0 unspecified atom stereocenters. The molecule has 4 heterocycles. The third kappa shape index (κ3) is 3.75. The van der Waals surface area contributed by atoms with Crippen LogP contribution in [-0.2, 0) is 30.9 Å². The second kappa shape index (κ2) is 7.34. The lowest BCUT2D eigenvalue weighted by molar-refractivity contribution is 0.0702. The van der Waals surface area contributed by atoms with Gasteiger partial charge in [-0.2, -0.15) is 0 Å². The maximum absolute atomic E-state index is 12.6. The Hall–Kier alpha value is -1.96. The monoisotopic (exact) mass is 388 g/mol. The molecule has 0 N–H and O–H groups in total. The SMILES string of the molecule is Cc1ccc(C(=O)N2CCc3sc(COCc4csc(C)n4)cc3C2)o1. The van der Waals surface area contributed by atoms with Gasteiger partial charge in [-0.1, -0.05) is 0 Å². The number of amides is 1. The summed E-state index contributed by atoms with van der Waals surface area (Å²) in [6.07, 6.45) is 0.886. The number of carbonyl (C=O) groups excluding carboxylic acids is 1. The zero-order valence-corrected chi connectivity index (χ0v) is 16.4. The van der Waals surface area contributed by atoms with Crippen LogP contribution in [0.5, 0.6) is 0 Å². The molecular weight excluding hydrogens is 368 g/mol. The summed E-state index contributed by atoms with van der Waals surface area (Å²) in [7, 11) is 0. The zero-order valence-electron chi connectivity index (χ0n) is 14.8. The van der Waals surface area contributed by atoms with Gasteiger partial charge in [0, 0.05) is 28.2 Å². The molecule has 136 valence electrons. The normalized spacial score (nSPS) is 13.8.